The van der Waals surface area contributed by atoms with Gasteiger partial charge in [-0.3, -0.25) is 10.1 Å². The first kappa shape index (κ1) is 13.9. The maximum Gasteiger partial charge on any atom is 0.292 e. The topological polar surface area (TPSA) is 55.2 Å². The number of hydrogen-bond acceptors (Lipinski definition) is 3. The second-order valence-electron chi connectivity index (χ2n) is 6.03. The van der Waals surface area contributed by atoms with E-state index in [1.165, 1.54) is 18.2 Å². The number of fused-ring (bicyclic) bond motifs is 3. The summed E-state index contributed by atoms with van der Waals surface area (Å²) in [5, 5.41) is 14.7. The van der Waals surface area contributed by atoms with Crippen molar-refractivity contribution in [1.29, 1.82) is 0 Å². The molecule has 1 aliphatic heterocycles. The maximum atomic E-state index is 13.2. The molecule has 5 heteroatoms. The molecule has 1 aliphatic carbocycles. The van der Waals surface area contributed by atoms with Crippen molar-refractivity contribution in [2.75, 3.05) is 5.32 Å². The fourth-order valence-electron chi connectivity index (χ4n) is 3.76. The van der Waals surface area contributed by atoms with E-state index in [4.69, 9.17) is 0 Å². The number of nitrogens with zero attached hydrogens (tertiary/aromatic N) is 1. The quantitative estimate of drug-likeness (QED) is 0.502. The Morgan fingerprint density at radius 1 is 1.17 bits per heavy atom. The molecular weight excluding hydrogens is 295 g/mol. The molecule has 2 aromatic carbocycles. The Bertz CT molecular complexity index is 801. The van der Waals surface area contributed by atoms with E-state index in [1.54, 1.807) is 18.2 Å². The Balaban J connectivity index is 1.83. The highest BCUT2D eigenvalue weighted by molar-refractivity contribution is 5.71. The van der Waals surface area contributed by atoms with Gasteiger partial charge in [-0.1, -0.05) is 36.4 Å². The van der Waals surface area contributed by atoms with Gasteiger partial charge in [0.1, 0.15) is 11.5 Å². The predicted molar refractivity (Wildman–Crippen MR) is 85.8 cm³/mol. The molecule has 0 radical (unpaired) electrons. The molecular formula is C18H15FN2O2. The smallest absolute Gasteiger partial charge is 0.292 e. The molecule has 4 nitrogen and oxygen atoms in total. The van der Waals surface area contributed by atoms with E-state index in [-0.39, 0.29) is 34.3 Å². The zero-order valence-electron chi connectivity index (χ0n) is 12.3. The molecule has 3 atom stereocenters. The first-order chi connectivity index (χ1) is 11.1. The zero-order chi connectivity index (χ0) is 16.0. The molecule has 2 aromatic rings. The number of allylic oxidation sites excluding steroid dienone is 2. The largest absolute Gasteiger partial charge is 0.372 e. The summed E-state index contributed by atoms with van der Waals surface area (Å²) in [5.41, 5.74) is 2.60. The van der Waals surface area contributed by atoms with E-state index in [0.29, 0.717) is 5.69 Å². The van der Waals surface area contributed by atoms with Crippen molar-refractivity contribution in [2.24, 2.45) is 5.92 Å². The third-order valence-electron chi connectivity index (χ3n) is 4.80. The number of para-hydroxylation sites is 1. The van der Waals surface area contributed by atoms with Gasteiger partial charge >= 0.3 is 0 Å². The molecule has 0 bridgehead atoms. The van der Waals surface area contributed by atoms with Crippen molar-refractivity contribution >= 4 is 11.4 Å². The second-order valence-corrected chi connectivity index (χ2v) is 6.03. The van der Waals surface area contributed by atoms with Crippen LogP contribution in [0.3, 0.4) is 0 Å². The fourth-order valence-corrected chi connectivity index (χ4v) is 3.76. The lowest BCUT2D eigenvalue weighted by Crippen LogP contribution is -2.29. The summed E-state index contributed by atoms with van der Waals surface area (Å²) in [4.78, 5) is 11.0. The van der Waals surface area contributed by atoms with Gasteiger partial charge in [0.15, 0.2) is 0 Å². The minimum absolute atomic E-state index is 0.0656. The summed E-state index contributed by atoms with van der Waals surface area (Å²) >= 11 is 0. The summed E-state index contributed by atoms with van der Waals surface area (Å²) in [5.74, 6) is 0.160. The maximum absolute atomic E-state index is 13.2. The number of nitro groups is 1. The number of nitrogens with one attached hydrogen (secondary N) is 1. The van der Waals surface area contributed by atoms with Crippen LogP contribution in [0.1, 0.15) is 29.5 Å². The minimum Gasteiger partial charge on any atom is -0.372 e. The van der Waals surface area contributed by atoms with Crippen LogP contribution >= 0.6 is 0 Å². The summed E-state index contributed by atoms with van der Waals surface area (Å²) in [6.45, 7) is 0. The van der Waals surface area contributed by atoms with E-state index < -0.39 is 0 Å². The van der Waals surface area contributed by atoms with E-state index in [9.17, 15) is 14.5 Å². The average molecular weight is 310 g/mol. The molecule has 0 saturated carbocycles. The van der Waals surface area contributed by atoms with Crippen LogP contribution in [0, 0.1) is 21.8 Å². The van der Waals surface area contributed by atoms with Crippen molar-refractivity contribution in [2.45, 2.75) is 18.4 Å². The molecule has 0 fully saturated rings. The first-order valence-corrected chi connectivity index (χ1v) is 7.61. The molecule has 2 aliphatic rings. The van der Waals surface area contributed by atoms with E-state index >= 15 is 0 Å². The number of halogens is 1. The van der Waals surface area contributed by atoms with Crippen LogP contribution in [0.5, 0.6) is 0 Å². The lowest BCUT2D eigenvalue weighted by atomic mass is 9.77. The molecule has 1 N–H and O–H groups in total. The Morgan fingerprint density at radius 2 is 1.96 bits per heavy atom. The van der Waals surface area contributed by atoms with E-state index in [0.717, 1.165) is 17.5 Å². The highest BCUT2D eigenvalue weighted by atomic mass is 19.1. The highest BCUT2D eigenvalue weighted by Gasteiger charge is 2.40. The third kappa shape index (κ3) is 2.20. The van der Waals surface area contributed by atoms with Crippen molar-refractivity contribution in [1.82, 2.24) is 0 Å². The molecule has 116 valence electrons. The average Bonchev–Trinajstić information content (AvgIpc) is 3.04. The van der Waals surface area contributed by atoms with Crippen LogP contribution in [0.15, 0.2) is 54.6 Å². The second kappa shape index (κ2) is 5.19. The van der Waals surface area contributed by atoms with Gasteiger partial charge in [-0.15, -0.1) is 0 Å². The number of anilines is 1. The van der Waals surface area contributed by atoms with Crippen molar-refractivity contribution in [3.63, 3.8) is 0 Å². The van der Waals surface area contributed by atoms with Crippen molar-refractivity contribution in [3.05, 3.63) is 81.7 Å². The third-order valence-corrected chi connectivity index (χ3v) is 4.80. The first-order valence-electron chi connectivity index (χ1n) is 7.61. The van der Waals surface area contributed by atoms with Gasteiger partial charge in [0.25, 0.3) is 5.69 Å². The highest BCUT2D eigenvalue weighted by Crippen LogP contribution is 2.51. The van der Waals surface area contributed by atoms with Gasteiger partial charge in [-0.25, -0.2) is 4.39 Å². The molecule has 0 saturated heterocycles. The van der Waals surface area contributed by atoms with Gasteiger partial charge < -0.3 is 5.32 Å². The number of nitro benzene ring substituents is 1. The normalized spacial score (nSPS) is 24.7. The van der Waals surface area contributed by atoms with Crippen LogP contribution < -0.4 is 5.32 Å². The van der Waals surface area contributed by atoms with E-state index in [2.05, 4.69) is 17.5 Å². The zero-order valence-corrected chi connectivity index (χ0v) is 12.3. The predicted octanol–water partition coefficient (Wildman–Crippen LogP) is 4.56. The Kier molecular flexibility index (Phi) is 3.15. The fraction of sp³-hybridized carbons (Fsp3) is 0.222. The summed E-state index contributed by atoms with van der Waals surface area (Å²) in [6, 6.07) is 11.5. The SMILES string of the molecule is O=[N+]([O-])c1cccc2c1N[C@@H](c1ccc(F)cc1)[C@@H]1CC=C[C@@H]21. The Labute approximate surface area is 132 Å². The molecule has 0 aromatic heterocycles. The molecule has 4 rings (SSSR count). The standard InChI is InChI=1S/C18H15FN2O2/c19-12-9-7-11(8-10-12)17-14-4-1-3-13(14)15-5-2-6-16(21(22)23)18(15)20-17/h1-3,5-10,13-14,17,20H,4H2/t13-,14-,17+/m1/s1. The summed E-state index contributed by atoms with van der Waals surface area (Å²) in [6.07, 6.45) is 5.16. The number of benzene rings is 2. The van der Waals surface area contributed by atoms with Crippen LogP contribution in [0.2, 0.25) is 0 Å². The lowest BCUT2D eigenvalue weighted by Gasteiger charge is -2.37. The number of hydrogen-bond donors (Lipinski definition) is 1. The molecule has 0 amide bonds. The van der Waals surface area contributed by atoms with Gasteiger partial charge in [0, 0.05) is 12.0 Å². The van der Waals surface area contributed by atoms with Crippen LogP contribution in [0.4, 0.5) is 15.8 Å². The van der Waals surface area contributed by atoms with Gasteiger partial charge in [0.2, 0.25) is 0 Å². The van der Waals surface area contributed by atoms with Crippen LogP contribution in [-0.2, 0) is 0 Å². The molecule has 0 spiro atoms. The molecule has 1 heterocycles. The van der Waals surface area contributed by atoms with E-state index in [1.807, 2.05) is 6.07 Å². The van der Waals surface area contributed by atoms with Gasteiger partial charge in [-0.05, 0) is 35.6 Å². The Hall–Kier alpha value is -2.69. The monoisotopic (exact) mass is 310 g/mol. The van der Waals surface area contributed by atoms with Crippen LogP contribution in [0.25, 0.3) is 0 Å². The summed E-state index contributed by atoms with van der Waals surface area (Å²) < 4.78 is 13.2. The molecule has 0 unspecified atom stereocenters. The van der Waals surface area contributed by atoms with Gasteiger partial charge in [0.05, 0.1) is 11.0 Å². The van der Waals surface area contributed by atoms with Crippen molar-refractivity contribution < 1.29 is 9.31 Å². The van der Waals surface area contributed by atoms with Crippen LogP contribution in [-0.4, -0.2) is 4.92 Å². The Morgan fingerprint density at radius 3 is 2.70 bits per heavy atom. The number of rotatable bonds is 2. The summed E-state index contributed by atoms with van der Waals surface area (Å²) in [7, 11) is 0. The molecule has 23 heavy (non-hydrogen) atoms. The lowest BCUT2D eigenvalue weighted by molar-refractivity contribution is -0.384. The minimum atomic E-state index is -0.355. The van der Waals surface area contributed by atoms with Crippen molar-refractivity contribution in [3.8, 4) is 0 Å². The van der Waals surface area contributed by atoms with Gasteiger partial charge in [-0.2, -0.15) is 0 Å².